The molecule has 0 bridgehead atoms. The molecule has 12 heavy (non-hydrogen) atoms. The van der Waals surface area contributed by atoms with Gasteiger partial charge in [0.1, 0.15) is 0 Å². The summed E-state index contributed by atoms with van der Waals surface area (Å²) in [5, 5.41) is 0. The van der Waals surface area contributed by atoms with E-state index in [-0.39, 0.29) is 4.45 Å². The monoisotopic (exact) mass is 302 g/mol. The van der Waals surface area contributed by atoms with Gasteiger partial charge in [-0.05, 0) is 5.56 Å². The zero-order valence-electron chi connectivity index (χ0n) is 5.98. The van der Waals surface area contributed by atoms with E-state index in [1.165, 1.54) is 0 Å². The maximum Gasteiger partial charge on any atom is 0.358 e. The van der Waals surface area contributed by atoms with Crippen molar-refractivity contribution in [1.82, 2.24) is 0 Å². The summed E-state index contributed by atoms with van der Waals surface area (Å²) in [4.78, 5) is 0. The van der Waals surface area contributed by atoms with Crippen LogP contribution in [0, 0.1) is 0 Å². The highest BCUT2D eigenvalue weighted by molar-refractivity contribution is 9.10. The molecule has 1 aromatic rings. The normalized spacial score (nSPS) is 14.3. The van der Waals surface area contributed by atoms with E-state index in [1.54, 1.807) is 0 Å². The van der Waals surface area contributed by atoms with Crippen LogP contribution in [0.15, 0.2) is 30.3 Å². The van der Waals surface area contributed by atoms with E-state index >= 15 is 0 Å². The van der Waals surface area contributed by atoms with Crippen molar-refractivity contribution in [3.63, 3.8) is 0 Å². The molecule has 66 valence electrons. The molecule has 1 atom stereocenters. The molecule has 0 nitrogen and oxygen atoms in total. The second-order valence-corrected chi connectivity index (χ2v) is 12.8. The maximum absolute atomic E-state index is 5.84. The molecular formula is C7H6BrCl3Si. The number of rotatable bonds is 2. The summed E-state index contributed by atoms with van der Waals surface area (Å²) in [5.41, 5.74) is 1.02. The molecule has 0 aromatic heterocycles. The minimum atomic E-state index is -2.67. The second-order valence-electron chi connectivity index (χ2n) is 2.31. The van der Waals surface area contributed by atoms with E-state index in [2.05, 4.69) is 15.9 Å². The van der Waals surface area contributed by atoms with Gasteiger partial charge in [-0.3, -0.25) is 0 Å². The summed E-state index contributed by atoms with van der Waals surface area (Å²) in [5.74, 6) is 0. The lowest BCUT2D eigenvalue weighted by Crippen LogP contribution is -2.17. The van der Waals surface area contributed by atoms with Crippen LogP contribution in [-0.2, 0) is 0 Å². The summed E-state index contributed by atoms with van der Waals surface area (Å²) in [6, 6.07) is 6.99. The van der Waals surface area contributed by atoms with Crippen molar-refractivity contribution in [2.75, 3.05) is 0 Å². The lowest BCUT2D eigenvalue weighted by atomic mass is 10.2. The predicted octanol–water partition coefficient (Wildman–Crippen LogP) is 4.32. The molecule has 0 amide bonds. The van der Waals surface area contributed by atoms with Crippen LogP contribution in [0.2, 0.25) is 0 Å². The lowest BCUT2D eigenvalue weighted by Gasteiger charge is -2.15. The highest BCUT2D eigenvalue weighted by Gasteiger charge is 2.35. The Morgan fingerprint density at radius 1 is 1.08 bits per heavy atom. The first kappa shape index (κ1) is 10.9. The van der Waals surface area contributed by atoms with Gasteiger partial charge in [0.2, 0.25) is 0 Å². The minimum Gasteiger partial charge on any atom is -0.125 e. The summed E-state index contributed by atoms with van der Waals surface area (Å²) < 4.78 is -0.129. The molecule has 0 saturated carbocycles. The van der Waals surface area contributed by atoms with Gasteiger partial charge in [-0.1, -0.05) is 46.3 Å². The van der Waals surface area contributed by atoms with Crippen LogP contribution in [0.25, 0.3) is 0 Å². The molecule has 0 saturated heterocycles. The largest absolute Gasteiger partial charge is 0.358 e. The number of hydrogen-bond donors (Lipinski definition) is 0. The molecule has 0 heterocycles. The fourth-order valence-corrected chi connectivity index (χ4v) is 2.82. The standard InChI is InChI=1S/C7H6BrCl3Si/c8-7(12(9,10)11)6-4-2-1-3-5-6/h1-5,7H. The third-order valence-electron chi connectivity index (χ3n) is 1.38. The molecule has 0 spiro atoms. The third kappa shape index (κ3) is 2.93. The zero-order chi connectivity index (χ0) is 9.19. The van der Waals surface area contributed by atoms with Gasteiger partial charge in [0, 0.05) is 0 Å². The molecule has 0 aliphatic carbocycles. The highest BCUT2D eigenvalue weighted by atomic mass is 79.9. The second kappa shape index (κ2) is 4.34. The van der Waals surface area contributed by atoms with Gasteiger partial charge in [0.15, 0.2) is 0 Å². The van der Waals surface area contributed by atoms with Crippen molar-refractivity contribution in [2.24, 2.45) is 0 Å². The van der Waals surface area contributed by atoms with E-state index < -0.39 is 6.00 Å². The van der Waals surface area contributed by atoms with Crippen LogP contribution in [0.4, 0.5) is 0 Å². The maximum atomic E-state index is 5.84. The molecule has 5 heteroatoms. The van der Waals surface area contributed by atoms with Crippen molar-refractivity contribution in [1.29, 1.82) is 0 Å². The van der Waals surface area contributed by atoms with Crippen molar-refractivity contribution in [3.05, 3.63) is 35.9 Å². The van der Waals surface area contributed by atoms with Crippen molar-refractivity contribution in [2.45, 2.75) is 4.45 Å². The first-order chi connectivity index (χ1) is 5.52. The number of hydrogen-bond acceptors (Lipinski definition) is 0. The van der Waals surface area contributed by atoms with Crippen molar-refractivity contribution in [3.8, 4) is 0 Å². The summed E-state index contributed by atoms with van der Waals surface area (Å²) in [7, 11) is 0. The molecule has 1 aromatic carbocycles. The van der Waals surface area contributed by atoms with E-state index in [0.717, 1.165) is 5.56 Å². The van der Waals surface area contributed by atoms with Crippen LogP contribution in [0.3, 0.4) is 0 Å². The van der Waals surface area contributed by atoms with Gasteiger partial charge in [-0.15, -0.1) is 33.2 Å². The Hall–Kier alpha value is 0.787. The zero-order valence-corrected chi connectivity index (χ0v) is 10.8. The molecule has 0 aliphatic rings. The Labute approximate surface area is 95.1 Å². The van der Waals surface area contributed by atoms with Gasteiger partial charge < -0.3 is 0 Å². The van der Waals surface area contributed by atoms with E-state index in [4.69, 9.17) is 33.2 Å². The van der Waals surface area contributed by atoms with Gasteiger partial charge in [-0.2, -0.15) is 0 Å². The van der Waals surface area contributed by atoms with Crippen LogP contribution in [0.1, 0.15) is 10.0 Å². The molecular weight excluding hydrogens is 298 g/mol. The number of alkyl halides is 1. The topological polar surface area (TPSA) is 0 Å². The van der Waals surface area contributed by atoms with Crippen LogP contribution >= 0.6 is 49.2 Å². The SMILES string of the molecule is Cl[Si](Cl)(Cl)C(Br)c1ccccc1. The van der Waals surface area contributed by atoms with Gasteiger partial charge >= 0.3 is 6.00 Å². The first-order valence-electron chi connectivity index (χ1n) is 3.27. The van der Waals surface area contributed by atoms with Crippen LogP contribution in [-0.4, -0.2) is 6.00 Å². The smallest absolute Gasteiger partial charge is 0.125 e. The number of benzene rings is 1. The van der Waals surface area contributed by atoms with Crippen molar-refractivity contribution < 1.29 is 0 Å². The fraction of sp³-hybridized carbons (Fsp3) is 0.143. The fourth-order valence-electron chi connectivity index (χ4n) is 0.811. The average Bonchev–Trinajstić information content (AvgIpc) is 2.03. The minimum absolute atomic E-state index is 0.129. The van der Waals surface area contributed by atoms with Gasteiger partial charge in [-0.25, -0.2) is 0 Å². The summed E-state index contributed by atoms with van der Waals surface area (Å²) >= 11 is 20.9. The van der Waals surface area contributed by atoms with Gasteiger partial charge in [0.25, 0.3) is 0 Å². The Morgan fingerprint density at radius 3 is 2.00 bits per heavy atom. The summed E-state index contributed by atoms with van der Waals surface area (Å²) in [6.45, 7) is 0. The van der Waals surface area contributed by atoms with E-state index in [1.807, 2.05) is 30.3 Å². The Bertz CT molecular complexity index is 247. The third-order valence-corrected chi connectivity index (χ3v) is 9.21. The number of halogens is 4. The Kier molecular flexibility index (Phi) is 3.93. The molecule has 0 N–H and O–H groups in total. The summed E-state index contributed by atoms with van der Waals surface area (Å²) in [6.07, 6.45) is 0. The molecule has 0 aliphatic heterocycles. The lowest BCUT2D eigenvalue weighted by molar-refractivity contribution is 1.37. The molecule has 0 fully saturated rings. The molecule has 1 rings (SSSR count). The predicted molar refractivity (Wildman–Crippen MR) is 61.4 cm³/mol. The van der Waals surface area contributed by atoms with E-state index in [9.17, 15) is 0 Å². The molecule has 0 radical (unpaired) electrons. The van der Waals surface area contributed by atoms with Crippen molar-refractivity contribution >= 4 is 55.2 Å². The molecule has 1 unspecified atom stereocenters. The highest BCUT2D eigenvalue weighted by Crippen LogP contribution is 2.40. The van der Waals surface area contributed by atoms with Gasteiger partial charge in [0.05, 0.1) is 4.45 Å². The van der Waals surface area contributed by atoms with E-state index in [0.29, 0.717) is 0 Å². The Balaban J connectivity index is 2.86. The van der Waals surface area contributed by atoms with Crippen LogP contribution in [0.5, 0.6) is 0 Å². The first-order valence-corrected chi connectivity index (χ1v) is 9.30. The quantitative estimate of drug-likeness (QED) is 0.434. The average molecular weight is 304 g/mol. The van der Waals surface area contributed by atoms with Crippen LogP contribution < -0.4 is 0 Å². The Morgan fingerprint density at radius 2 is 1.58 bits per heavy atom.